The third-order valence-electron chi connectivity index (χ3n) is 2.87. The normalized spacial score (nSPS) is 16.8. The highest BCUT2D eigenvalue weighted by Gasteiger charge is 2.38. The van der Waals surface area contributed by atoms with Gasteiger partial charge in [0.1, 0.15) is 5.75 Å². The second kappa shape index (κ2) is 4.04. The van der Waals surface area contributed by atoms with Gasteiger partial charge < -0.3 is 15.6 Å². The summed E-state index contributed by atoms with van der Waals surface area (Å²) in [6.45, 7) is 1.83. The van der Waals surface area contributed by atoms with Crippen molar-refractivity contribution in [2.45, 2.75) is 25.9 Å². The van der Waals surface area contributed by atoms with Crippen molar-refractivity contribution in [3.63, 3.8) is 0 Å². The SMILES string of the molecule is Cc1c(N)cccc1OC(C(=O)O)C1CC1. The van der Waals surface area contributed by atoms with Gasteiger partial charge in [-0.05, 0) is 31.9 Å². The summed E-state index contributed by atoms with van der Waals surface area (Å²) < 4.78 is 5.53. The van der Waals surface area contributed by atoms with E-state index in [0.717, 1.165) is 18.4 Å². The zero-order chi connectivity index (χ0) is 11.7. The highest BCUT2D eigenvalue weighted by molar-refractivity contribution is 5.74. The van der Waals surface area contributed by atoms with E-state index in [9.17, 15) is 4.79 Å². The molecule has 0 spiro atoms. The van der Waals surface area contributed by atoms with Crippen molar-refractivity contribution < 1.29 is 14.6 Å². The molecule has 0 amide bonds. The smallest absolute Gasteiger partial charge is 0.345 e. The van der Waals surface area contributed by atoms with E-state index in [1.54, 1.807) is 18.2 Å². The molecular formula is C12H15NO3. The van der Waals surface area contributed by atoms with Crippen molar-refractivity contribution in [1.29, 1.82) is 0 Å². The van der Waals surface area contributed by atoms with Crippen LogP contribution in [0.1, 0.15) is 18.4 Å². The number of aliphatic carboxylic acids is 1. The molecule has 1 saturated carbocycles. The number of carbonyl (C=O) groups is 1. The van der Waals surface area contributed by atoms with E-state index in [0.29, 0.717) is 11.4 Å². The predicted molar refractivity (Wildman–Crippen MR) is 60.4 cm³/mol. The molecule has 0 bridgehead atoms. The fourth-order valence-corrected chi connectivity index (χ4v) is 1.64. The van der Waals surface area contributed by atoms with Crippen LogP contribution in [0.3, 0.4) is 0 Å². The quantitative estimate of drug-likeness (QED) is 0.761. The molecule has 1 aliphatic rings. The van der Waals surface area contributed by atoms with Crippen LogP contribution in [-0.4, -0.2) is 17.2 Å². The fourth-order valence-electron chi connectivity index (χ4n) is 1.64. The number of rotatable bonds is 4. The van der Waals surface area contributed by atoms with Gasteiger partial charge in [0.15, 0.2) is 6.10 Å². The van der Waals surface area contributed by atoms with Crippen molar-refractivity contribution in [2.75, 3.05) is 5.73 Å². The molecule has 4 nitrogen and oxygen atoms in total. The van der Waals surface area contributed by atoms with Gasteiger partial charge in [0, 0.05) is 17.2 Å². The molecule has 1 aromatic rings. The highest BCUT2D eigenvalue weighted by Crippen LogP contribution is 2.36. The first-order valence-electron chi connectivity index (χ1n) is 5.34. The van der Waals surface area contributed by atoms with Gasteiger partial charge in [0.25, 0.3) is 0 Å². The number of benzene rings is 1. The van der Waals surface area contributed by atoms with Crippen LogP contribution < -0.4 is 10.5 Å². The monoisotopic (exact) mass is 221 g/mol. The van der Waals surface area contributed by atoms with Crippen molar-refractivity contribution in [3.05, 3.63) is 23.8 Å². The summed E-state index contributed by atoms with van der Waals surface area (Å²) in [7, 11) is 0. The summed E-state index contributed by atoms with van der Waals surface area (Å²) in [4.78, 5) is 11.0. The first-order valence-corrected chi connectivity index (χ1v) is 5.34. The van der Waals surface area contributed by atoms with Gasteiger partial charge in [-0.2, -0.15) is 0 Å². The molecule has 1 fully saturated rings. The van der Waals surface area contributed by atoms with E-state index >= 15 is 0 Å². The Morgan fingerprint density at radius 3 is 2.81 bits per heavy atom. The predicted octanol–water partition coefficient (Wildman–Crippen LogP) is 1.82. The number of carboxylic acids is 1. The van der Waals surface area contributed by atoms with E-state index in [4.69, 9.17) is 15.6 Å². The van der Waals surface area contributed by atoms with Crippen LogP contribution in [0.15, 0.2) is 18.2 Å². The fraction of sp³-hybridized carbons (Fsp3) is 0.417. The van der Waals surface area contributed by atoms with E-state index in [1.807, 2.05) is 6.92 Å². The number of hydrogen-bond acceptors (Lipinski definition) is 3. The molecule has 16 heavy (non-hydrogen) atoms. The van der Waals surface area contributed by atoms with Crippen LogP contribution in [0.5, 0.6) is 5.75 Å². The Kier molecular flexibility index (Phi) is 2.73. The standard InChI is InChI=1S/C12H15NO3/c1-7-9(13)3-2-4-10(7)16-11(12(14)15)8-5-6-8/h2-4,8,11H,5-6,13H2,1H3,(H,14,15). The van der Waals surface area contributed by atoms with Gasteiger partial charge in [0.05, 0.1) is 0 Å². The molecule has 1 unspecified atom stereocenters. The van der Waals surface area contributed by atoms with Crippen molar-refractivity contribution >= 4 is 11.7 Å². The molecule has 0 radical (unpaired) electrons. The first kappa shape index (κ1) is 10.8. The van der Waals surface area contributed by atoms with Gasteiger partial charge in [0.2, 0.25) is 0 Å². The number of anilines is 1. The molecule has 0 aromatic heterocycles. The number of ether oxygens (including phenoxy) is 1. The Bertz CT molecular complexity index is 413. The van der Waals surface area contributed by atoms with Gasteiger partial charge in [-0.3, -0.25) is 0 Å². The summed E-state index contributed by atoms with van der Waals surface area (Å²) in [5.41, 5.74) is 7.16. The van der Waals surface area contributed by atoms with Crippen LogP contribution in [0, 0.1) is 12.8 Å². The Balaban J connectivity index is 2.18. The van der Waals surface area contributed by atoms with Gasteiger partial charge in [-0.1, -0.05) is 6.07 Å². The van der Waals surface area contributed by atoms with Crippen LogP contribution in [0.4, 0.5) is 5.69 Å². The zero-order valence-corrected chi connectivity index (χ0v) is 9.14. The van der Waals surface area contributed by atoms with E-state index in [1.165, 1.54) is 0 Å². The lowest BCUT2D eigenvalue weighted by molar-refractivity contribution is -0.146. The van der Waals surface area contributed by atoms with Crippen LogP contribution in [0.2, 0.25) is 0 Å². The molecule has 1 aliphatic carbocycles. The van der Waals surface area contributed by atoms with Crippen molar-refractivity contribution in [3.8, 4) is 5.75 Å². The molecule has 3 N–H and O–H groups in total. The summed E-state index contributed by atoms with van der Waals surface area (Å²) in [5.74, 6) is -0.179. The largest absolute Gasteiger partial charge is 0.478 e. The molecule has 86 valence electrons. The lowest BCUT2D eigenvalue weighted by atomic mass is 10.1. The maximum atomic E-state index is 11.0. The molecule has 4 heteroatoms. The van der Waals surface area contributed by atoms with Gasteiger partial charge in [-0.15, -0.1) is 0 Å². The molecular weight excluding hydrogens is 206 g/mol. The lowest BCUT2D eigenvalue weighted by Crippen LogP contribution is -2.29. The second-order valence-electron chi connectivity index (χ2n) is 4.18. The van der Waals surface area contributed by atoms with E-state index < -0.39 is 12.1 Å². The molecule has 2 rings (SSSR count). The first-order chi connectivity index (χ1) is 7.59. The van der Waals surface area contributed by atoms with Gasteiger partial charge >= 0.3 is 5.97 Å². The minimum atomic E-state index is -0.899. The minimum absolute atomic E-state index is 0.151. The Morgan fingerprint density at radius 1 is 1.56 bits per heavy atom. The summed E-state index contributed by atoms with van der Waals surface area (Å²) in [5, 5.41) is 9.05. The van der Waals surface area contributed by atoms with Crippen LogP contribution >= 0.6 is 0 Å². The topological polar surface area (TPSA) is 72.5 Å². The Labute approximate surface area is 94.0 Å². The Hall–Kier alpha value is -1.71. The average molecular weight is 221 g/mol. The number of carboxylic acid groups (broad SMARTS) is 1. The number of hydrogen-bond donors (Lipinski definition) is 2. The highest BCUT2D eigenvalue weighted by atomic mass is 16.5. The maximum Gasteiger partial charge on any atom is 0.345 e. The van der Waals surface area contributed by atoms with Crippen LogP contribution in [0.25, 0.3) is 0 Å². The minimum Gasteiger partial charge on any atom is -0.478 e. The van der Waals surface area contributed by atoms with Crippen molar-refractivity contribution in [2.24, 2.45) is 5.92 Å². The average Bonchev–Trinajstić information content (AvgIpc) is 3.03. The molecule has 0 heterocycles. The van der Waals surface area contributed by atoms with Crippen molar-refractivity contribution in [1.82, 2.24) is 0 Å². The van der Waals surface area contributed by atoms with E-state index in [2.05, 4.69) is 0 Å². The maximum absolute atomic E-state index is 11.0. The third-order valence-corrected chi connectivity index (χ3v) is 2.87. The molecule has 1 aromatic carbocycles. The number of nitrogens with two attached hydrogens (primary N) is 1. The number of nitrogen functional groups attached to an aromatic ring is 1. The summed E-state index contributed by atoms with van der Waals surface area (Å²) >= 11 is 0. The third kappa shape index (κ3) is 2.10. The molecule has 0 aliphatic heterocycles. The van der Waals surface area contributed by atoms with Crippen LogP contribution in [-0.2, 0) is 4.79 Å². The summed E-state index contributed by atoms with van der Waals surface area (Å²) in [6, 6.07) is 5.29. The lowest BCUT2D eigenvalue weighted by Gasteiger charge is -2.16. The van der Waals surface area contributed by atoms with E-state index in [-0.39, 0.29) is 5.92 Å². The molecule has 0 saturated heterocycles. The summed E-state index contributed by atoms with van der Waals surface area (Å²) in [6.07, 6.45) is 1.12. The Morgan fingerprint density at radius 2 is 2.25 bits per heavy atom. The second-order valence-corrected chi connectivity index (χ2v) is 4.18. The van der Waals surface area contributed by atoms with Gasteiger partial charge in [-0.25, -0.2) is 4.79 Å². The molecule has 1 atom stereocenters. The zero-order valence-electron chi connectivity index (χ0n) is 9.14.